The Hall–Kier alpha value is -1.37. The van der Waals surface area contributed by atoms with Crippen LogP contribution in [-0.4, -0.2) is 17.1 Å². The molecule has 0 amide bonds. The molecule has 0 atom stereocenters. The molecule has 0 aliphatic carbocycles. The summed E-state index contributed by atoms with van der Waals surface area (Å²) in [4.78, 5) is 8.33. The van der Waals surface area contributed by atoms with Gasteiger partial charge in [0.15, 0.2) is 0 Å². The number of anilines is 2. The Morgan fingerprint density at radius 3 is 2.56 bits per heavy atom. The first-order chi connectivity index (χ1) is 7.79. The van der Waals surface area contributed by atoms with Crippen molar-refractivity contribution in [3.05, 3.63) is 40.2 Å². The van der Waals surface area contributed by atoms with Gasteiger partial charge in [0.1, 0.15) is 5.75 Å². The highest BCUT2D eigenvalue weighted by atomic mass is 127. The third-order valence-corrected chi connectivity index (χ3v) is 2.53. The molecule has 2 rings (SSSR count). The third kappa shape index (κ3) is 2.60. The fraction of sp³-hybridized carbons (Fsp3) is 0.0909. The van der Waals surface area contributed by atoms with Crippen LogP contribution in [0.25, 0.3) is 0 Å². The molecular weight excluding hydrogens is 317 g/mol. The molecule has 0 saturated carbocycles. The van der Waals surface area contributed by atoms with Crippen molar-refractivity contribution < 1.29 is 4.74 Å². The summed E-state index contributed by atoms with van der Waals surface area (Å²) in [5, 5.41) is 3.10. The van der Waals surface area contributed by atoms with E-state index in [1.807, 2.05) is 24.3 Å². The van der Waals surface area contributed by atoms with Crippen molar-refractivity contribution in [1.82, 2.24) is 9.97 Å². The van der Waals surface area contributed by atoms with Crippen LogP contribution in [0, 0.1) is 3.57 Å². The minimum atomic E-state index is 0.560. The molecule has 5 heteroatoms. The molecular formula is C11H10IN3O. The van der Waals surface area contributed by atoms with Crippen molar-refractivity contribution in [3.63, 3.8) is 0 Å². The standard InChI is InChI=1S/C11H10IN3O/c1-16-10-5-3-2-4-9(10)15-11-13-6-8(12)7-14-11/h2-7H,1H3,(H,13,14,15). The molecule has 2 aromatic rings. The number of para-hydroxylation sites is 2. The molecule has 82 valence electrons. The molecule has 0 unspecified atom stereocenters. The summed E-state index contributed by atoms with van der Waals surface area (Å²) in [7, 11) is 1.63. The van der Waals surface area contributed by atoms with E-state index in [1.54, 1.807) is 19.5 Å². The Balaban J connectivity index is 2.23. The van der Waals surface area contributed by atoms with E-state index in [-0.39, 0.29) is 0 Å². The van der Waals surface area contributed by atoms with Crippen molar-refractivity contribution in [2.24, 2.45) is 0 Å². The lowest BCUT2D eigenvalue weighted by Crippen LogP contribution is -1.98. The van der Waals surface area contributed by atoms with Crippen molar-refractivity contribution in [2.75, 3.05) is 12.4 Å². The van der Waals surface area contributed by atoms with Crippen LogP contribution in [0.15, 0.2) is 36.7 Å². The van der Waals surface area contributed by atoms with Crippen LogP contribution in [0.1, 0.15) is 0 Å². The Morgan fingerprint density at radius 2 is 1.88 bits per heavy atom. The van der Waals surface area contributed by atoms with Crippen LogP contribution in [0.4, 0.5) is 11.6 Å². The SMILES string of the molecule is COc1ccccc1Nc1ncc(I)cn1. The largest absolute Gasteiger partial charge is 0.495 e. The maximum absolute atomic E-state index is 5.22. The lowest BCUT2D eigenvalue weighted by atomic mass is 10.3. The molecule has 1 N–H and O–H groups in total. The molecule has 0 spiro atoms. The highest BCUT2D eigenvalue weighted by molar-refractivity contribution is 14.1. The van der Waals surface area contributed by atoms with Crippen LogP contribution in [0.5, 0.6) is 5.75 Å². The molecule has 0 aliphatic heterocycles. The van der Waals surface area contributed by atoms with Crippen LogP contribution in [0.3, 0.4) is 0 Å². The third-order valence-electron chi connectivity index (χ3n) is 1.97. The summed E-state index contributed by atoms with van der Waals surface area (Å²) in [6.45, 7) is 0. The van der Waals surface area contributed by atoms with E-state index in [2.05, 4.69) is 37.9 Å². The number of halogens is 1. The van der Waals surface area contributed by atoms with Gasteiger partial charge in [0, 0.05) is 16.0 Å². The monoisotopic (exact) mass is 327 g/mol. The van der Waals surface area contributed by atoms with E-state index in [1.165, 1.54) is 0 Å². The quantitative estimate of drug-likeness (QED) is 0.881. The number of rotatable bonds is 3. The molecule has 4 nitrogen and oxygen atoms in total. The fourth-order valence-corrected chi connectivity index (χ4v) is 1.52. The Bertz CT molecular complexity index is 473. The maximum Gasteiger partial charge on any atom is 0.227 e. The van der Waals surface area contributed by atoms with Gasteiger partial charge in [0.05, 0.1) is 12.8 Å². The normalized spacial score (nSPS) is 9.88. The minimum absolute atomic E-state index is 0.560. The first-order valence-corrected chi connectivity index (χ1v) is 5.75. The van der Waals surface area contributed by atoms with Crippen LogP contribution < -0.4 is 10.1 Å². The summed E-state index contributed by atoms with van der Waals surface area (Å²) >= 11 is 2.16. The van der Waals surface area contributed by atoms with Gasteiger partial charge in [0.25, 0.3) is 0 Å². The van der Waals surface area contributed by atoms with Crippen molar-refractivity contribution in [3.8, 4) is 5.75 Å². The van der Waals surface area contributed by atoms with Crippen LogP contribution in [-0.2, 0) is 0 Å². The van der Waals surface area contributed by atoms with Gasteiger partial charge in [0.2, 0.25) is 5.95 Å². The van der Waals surface area contributed by atoms with E-state index < -0.39 is 0 Å². The second kappa shape index (κ2) is 5.11. The van der Waals surface area contributed by atoms with E-state index >= 15 is 0 Å². The number of hydrogen-bond donors (Lipinski definition) is 1. The number of aromatic nitrogens is 2. The molecule has 0 aliphatic rings. The first kappa shape index (κ1) is 11.1. The number of methoxy groups -OCH3 is 1. The van der Waals surface area contributed by atoms with Gasteiger partial charge in [-0.05, 0) is 34.7 Å². The lowest BCUT2D eigenvalue weighted by Gasteiger charge is -2.08. The molecule has 0 fully saturated rings. The number of nitrogens with one attached hydrogen (secondary N) is 1. The molecule has 0 radical (unpaired) electrons. The summed E-state index contributed by atoms with van der Waals surface area (Å²) in [6, 6.07) is 7.64. The second-order valence-corrected chi connectivity index (χ2v) is 4.30. The van der Waals surface area contributed by atoms with Gasteiger partial charge in [-0.2, -0.15) is 0 Å². The summed E-state index contributed by atoms with van der Waals surface area (Å²) in [5.74, 6) is 1.33. The van der Waals surface area contributed by atoms with Gasteiger partial charge in [-0.1, -0.05) is 12.1 Å². The van der Waals surface area contributed by atoms with E-state index in [0.717, 1.165) is 15.0 Å². The van der Waals surface area contributed by atoms with Gasteiger partial charge >= 0.3 is 0 Å². The summed E-state index contributed by atoms with van der Waals surface area (Å²) < 4.78 is 6.22. The van der Waals surface area contributed by atoms with Gasteiger partial charge in [-0.25, -0.2) is 9.97 Å². The summed E-state index contributed by atoms with van der Waals surface area (Å²) in [5.41, 5.74) is 0.853. The second-order valence-electron chi connectivity index (χ2n) is 3.05. The smallest absolute Gasteiger partial charge is 0.227 e. The maximum atomic E-state index is 5.22. The van der Waals surface area contributed by atoms with Crippen molar-refractivity contribution >= 4 is 34.2 Å². The number of benzene rings is 1. The fourth-order valence-electron chi connectivity index (χ4n) is 1.25. The highest BCUT2D eigenvalue weighted by Crippen LogP contribution is 2.25. The average Bonchev–Trinajstić information content (AvgIpc) is 2.33. The molecule has 0 bridgehead atoms. The zero-order valence-electron chi connectivity index (χ0n) is 8.64. The van der Waals surface area contributed by atoms with E-state index in [4.69, 9.17) is 4.74 Å². The Labute approximate surface area is 107 Å². The van der Waals surface area contributed by atoms with E-state index in [0.29, 0.717) is 5.95 Å². The topological polar surface area (TPSA) is 47.0 Å². The summed E-state index contributed by atoms with van der Waals surface area (Å²) in [6.07, 6.45) is 3.51. The number of nitrogens with zero attached hydrogens (tertiary/aromatic N) is 2. The van der Waals surface area contributed by atoms with Gasteiger partial charge < -0.3 is 10.1 Å². The Kier molecular flexibility index (Phi) is 3.55. The first-order valence-electron chi connectivity index (χ1n) is 4.67. The predicted octanol–water partition coefficient (Wildman–Crippen LogP) is 2.83. The van der Waals surface area contributed by atoms with Gasteiger partial charge in [-0.3, -0.25) is 0 Å². The molecule has 1 aromatic carbocycles. The molecule has 0 saturated heterocycles. The minimum Gasteiger partial charge on any atom is -0.495 e. The van der Waals surface area contributed by atoms with Crippen molar-refractivity contribution in [1.29, 1.82) is 0 Å². The molecule has 16 heavy (non-hydrogen) atoms. The van der Waals surface area contributed by atoms with E-state index in [9.17, 15) is 0 Å². The average molecular weight is 327 g/mol. The van der Waals surface area contributed by atoms with Crippen LogP contribution >= 0.6 is 22.6 Å². The number of ether oxygens (including phenoxy) is 1. The number of hydrogen-bond acceptors (Lipinski definition) is 4. The predicted molar refractivity (Wildman–Crippen MR) is 71.0 cm³/mol. The lowest BCUT2D eigenvalue weighted by molar-refractivity contribution is 0.417. The van der Waals surface area contributed by atoms with Gasteiger partial charge in [-0.15, -0.1) is 0 Å². The molecule has 1 heterocycles. The Morgan fingerprint density at radius 1 is 1.19 bits per heavy atom. The zero-order valence-corrected chi connectivity index (χ0v) is 10.8. The molecule has 1 aromatic heterocycles. The highest BCUT2D eigenvalue weighted by Gasteiger charge is 2.02. The van der Waals surface area contributed by atoms with Crippen molar-refractivity contribution in [2.45, 2.75) is 0 Å². The zero-order chi connectivity index (χ0) is 11.4. The van der Waals surface area contributed by atoms with Crippen LogP contribution in [0.2, 0.25) is 0 Å².